The van der Waals surface area contributed by atoms with E-state index in [-0.39, 0.29) is 0 Å². The van der Waals surface area contributed by atoms with E-state index in [2.05, 4.69) is 21.2 Å². The molecule has 0 amide bonds. The van der Waals surface area contributed by atoms with Crippen LogP contribution in [0.4, 0.5) is 0 Å². The number of rotatable bonds is 4. The molecule has 1 aromatic rings. The van der Waals surface area contributed by atoms with Gasteiger partial charge >= 0.3 is 5.97 Å². The third kappa shape index (κ3) is 2.75. The summed E-state index contributed by atoms with van der Waals surface area (Å²) in [5.74, 6) is -0.896. The van der Waals surface area contributed by atoms with E-state index < -0.39 is 12.0 Å². The van der Waals surface area contributed by atoms with Gasteiger partial charge in [-0.15, -0.1) is 0 Å². The minimum atomic E-state index is -0.896. The second kappa shape index (κ2) is 4.73. The fourth-order valence-corrected chi connectivity index (χ4v) is 2.12. The largest absolute Gasteiger partial charge is 0.480 e. The SMILES string of the molecule is O=C(O)C(NC1CC1)c1cc(Br)ccc1Cl. The van der Waals surface area contributed by atoms with Crippen LogP contribution in [0.15, 0.2) is 22.7 Å². The van der Waals surface area contributed by atoms with Gasteiger partial charge in [-0.3, -0.25) is 10.1 Å². The molecule has 0 radical (unpaired) electrons. The van der Waals surface area contributed by atoms with Gasteiger partial charge in [0.15, 0.2) is 0 Å². The Labute approximate surface area is 107 Å². The van der Waals surface area contributed by atoms with E-state index in [1.54, 1.807) is 18.2 Å². The van der Waals surface area contributed by atoms with Crippen molar-refractivity contribution < 1.29 is 9.90 Å². The molecule has 1 unspecified atom stereocenters. The molecular weight excluding hydrogens is 293 g/mol. The zero-order valence-electron chi connectivity index (χ0n) is 8.41. The van der Waals surface area contributed by atoms with Gasteiger partial charge in [0.1, 0.15) is 6.04 Å². The monoisotopic (exact) mass is 303 g/mol. The zero-order chi connectivity index (χ0) is 11.7. The van der Waals surface area contributed by atoms with Gasteiger partial charge in [-0.1, -0.05) is 27.5 Å². The van der Waals surface area contributed by atoms with Gasteiger partial charge in [0.05, 0.1) is 0 Å². The lowest BCUT2D eigenvalue weighted by atomic mass is 10.1. The molecule has 3 nitrogen and oxygen atoms in total. The molecule has 0 aromatic heterocycles. The Morgan fingerprint density at radius 2 is 2.25 bits per heavy atom. The van der Waals surface area contributed by atoms with Crippen LogP contribution in [0.25, 0.3) is 0 Å². The summed E-state index contributed by atoms with van der Waals surface area (Å²) >= 11 is 9.33. The van der Waals surface area contributed by atoms with E-state index in [0.29, 0.717) is 16.6 Å². The van der Waals surface area contributed by atoms with Gasteiger partial charge in [-0.05, 0) is 36.6 Å². The first-order valence-corrected chi connectivity index (χ1v) is 6.19. The zero-order valence-corrected chi connectivity index (χ0v) is 10.8. The Kier molecular flexibility index (Phi) is 3.52. The minimum absolute atomic E-state index is 0.316. The molecule has 1 fully saturated rings. The number of carboxylic acids is 1. The van der Waals surface area contributed by atoms with Crippen molar-refractivity contribution >= 4 is 33.5 Å². The second-order valence-electron chi connectivity index (χ2n) is 3.88. The summed E-state index contributed by atoms with van der Waals surface area (Å²) in [5, 5.41) is 12.7. The molecule has 0 spiro atoms. The maximum atomic E-state index is 11.2. The Morgan fingerprint density at radius 1 is 1.56 bits per heavy atom. The van der Waals surface area contributed by atoms with Crippen molar-refractivity contribution in [3.05, 3.63) is 33.3 Å². The highest BCUT2D eigenvalue weighted by Crippen LogP contribution is 2.30. The quantitative estimate of drug-likeness (QED) is 0.899. The van der Waals surface area contributed by atoms with Gasteiger partial charge in [0.25, 0.3) is 0 Å². The van der Waals surface area contributed by atoms with Crippen LogP contribution < -0.4 is 5.32 Å². The molecular formula is C11H11BrClNO2. The summed E-state index contributed by atoms with van der Waals surface area (Å²) in [6.45, 7) is 0. The fraction of sp³-hybridized carbons (Fsp3) is 0.364. The topological polar surface area (TPSA) is 49.3 Å². The molecule has 2 N–H and O–H groups in total. The van der Waals surface area contributed by atoms with Crippen LogP contribution in [-0.4, -0.2) is 17.1 Å². The van der Waals surface area contributed by atoms with Gasteiger partial charge in [0, 0.05) is 15.5 Å². The predicted molar refractivity (Wildman–Crippen MR) is 65.7 cm³/mol. The van der Waals surface area contributed by atoms with E-state index in [9.17, 15) is 9.90 Å². The summed E-state index contributed by atoms with van der Waals surface area (Å²) in [5.41, 5.74) is 0.607. The molecule has 1 atom stereocenters. The van der Waals surface area contributed by atoms with Gasteiger partial charge in [0.2, 0.25) is 0 Å². The maximum Gasteiger partial charge on any atom is 0.325 e. The van der Waals surface area contributed by atoms with Crippen molar-refractivity contribution in [2.75, 3.05) is 0 Å². The van der Waals surface area contributed by atoms with Crippen LogP contribution in [0.2, 0.25) is 5.02 Å². The molecule has 0 saturated heterocycles. The van der Waals surface area contributed by atoms with Crippen molar-refractivity contribution in [3.63, 3.8) is 0 Å². The normalized spacial score (nSPS) is 17.1. The first-order chi connectivity index (χ1) is 7.58. The number of nitrogens with one attached hydrogen (secondary N) is 1. The standard InChI is InChI=1S/C11H11BrClNO2/c12-6-1-4-9(13)8(5-6)10(11(15)16)14-7-2-3-7/h1,4-5,7,10,14H,2-3H2,(H,15,16). The Bertz CT molecular complexity index is 420. The number of carbonyl (C=O) groups is 1. The lowest BCUT2D eigenvalue weighted by Crippen LogP contribution is -2.30. The van der Waals surface area contributed by atoms with E-state index in [1.165, 1.54) is 0 Å². The molecule has 0 aliphatic heterocycles. The number of hydrogen-bond donors (Lipinski definition) is 2. The average Bonchev–Trinajstić information content (AvgIpc) is 3.02. The Morgan fingerprint density at radius 3 is 2.81 bits per heavy atom. The lowest BCUT2D eigenvalue weighted by molar-refractivity contribution is -0.139. The highest BCUT2D eigenvalue weighted by Gasteiger charge is 2.30. The Hall–Kier alpha value is -0.580. The van der Waals surface area contributed by atoms with Crippen molar-refractivity contribution in [3.8, 4) is 0 Å². The summed E-state index contributed by atoms with van der Waals surface area (Å²) in [6, 6.07) is 4.83. The molecule has 0 heterocycles. The molecule has 1 aromatic carbocycles. The molecule has 86 valence electrons. The molecule has 1 saturated carbocycles. The van der Waals surface area contributed by atoms with E-state index in [0.717, 1.165) is 17.3 Å². The number of aliphatic carboxylic acids is 1. The molecule has 5 heteroatoms. The van der Waals surface area contributed by atoms with Crippen molar-refractivity contribution in [1.29, 1.82) is 0 Å². The first-order valence-electron chi connectivity index (χ1n) is 5.01. The van der Waals surface area contributed by atoms with Crippen LogP contribution in [0.3, 0.4) is 0 Å². The van der Waals surface area contributed by atoms with E-state index >= 15 is 0 Å². The third-order valence-electron chi connectivity index (χ3n) is 2.50. The minimum Gasteiger partial charge on any atom is -0.480 e. The first kappa shape index (κ1) is 11.9. The molecule has 1 aliphatic rings. The highest BCUT2D eigenvalue weighted by molar-refractivity contribution is 9.10. The van der Waals surface area contributed by atoms with Crippen molar-refractivity contribution in [2.45, 2.75) is 24.9 Å². The smallest absolute Gasteiger partial charge is 0.325 e. The van der Waals surface area contributed by atoms with Crippen LogP contribution in [0.1, 0.15) is 24.4 Å². The van der Waals surface area contributed by atoms with Gasteiger partial charge in [-0.25, -0.2) is 0 Å². The van der Waals surface area contributed by atoms with E-state index in [4.69, 9.17) is 11.6 Å². The van der Waals surface area contributed by atoms with Crippen molar-refractivity contribution in [1.82, 2.24) is 5.32 Å². The second-order valence-corrected chi connectivity index (χ2v) is 5.20. The van der Waals surface area contributed by atoms with Crippen LogP contribution >= 0.6 is 27.5 Å². The molecule has 2 rings (SSSR count). The number of halogens is 2. The molecule has 0 bridgehead atoms. The maximum absolute atomic E-state index is 11.2. The van der Waals surface area contributed by atoms with Gasteiger partial charge < -0.3 is 5.11 Å². The number of benzene rings is 1. The van der Waals surface area contributed by atoms with Crippen LogP contribution in [-0.2, 0) is 4.79 Å². The third-order valence-corrected chi connectivity index (χ3v) is 3.33. The Balaban J connectivity index is 2.29. The molecule has 1 aliphatic carbocycles. The fourth-order valence-electron chi connectivity index (χ4n) is 1.52. The van der Waals surface area contributed by atoms with Gasteiger partial charge in [-0.2, -0.15) is 0 Å². The van der Waals surface area contributed by atoms with E-state index in [1.807, 2.05) is 0 Å². The summed E-state index contributed by atoms with van der Waals surface area (Å²) in [4.78, 5) is 11.2. The molecule has 16 heavy (non-hydrogen) atoms. The lowest BCUT2D eigenvalue weighted by Gasteiger charge is -2.16. The predicted octanol–water partition coefficient (Wildman–Crippen LogP) is 2.98. The summed E-state index contributed by atoms with van der Waals surface area (Å²) in [6.07, 6.45) is 2.07. The summed E-state index contributed by atoms with van der Waals surface area (Å²) in [7, 11) is 0. The van der Waals surface area contributed by atoms with Crippen molar-refractivity contribution in [2.24, 2.45) is 0 Å². The summed E-state index contributed by atoms with van der Waals surface area (Å²) < 4.78 is 0.829. The van der Waals surface area contributed by atoms with Crippen LogP contribution in [0.5, 0.6) is 0 Å². The average molecular weight is 305 g/mol. The number of hydrogen-bond acceptors (Lipinski definition) is 2. The van der Waals surface area contributed by atoms with Crippen LogP contribution in [0, 0.1) is 0 Å². The number of carboxylic acid groups (broad SMARTS) is 1. The highest BCUT2D eigenvalue weighted by atomic mass is 79.9.